The van der Waals surface area contributed by atoms with E-state index in [9.17, 15) is 28.8 Å². The highest BCUT2D eigenvalue weighted by atomic mass is 35.5. The van der Waals surface area contributed by atoms with Crippen LogP contribution in [0, 0.1) is 0 Å². The van der Waals surface area contributed by atoms with E-state index < -0.39 is 47.3 Å². The summed E-state index contributed by atoms with van der Waals surface area (Å²) in [7, 11) is 0. The van der Waals surface area contributed by atoms with Gasteiger partial charge in [0, 0.05) is 22.7 Å². The van der Waals surface area contributed by atoms with Gasteiger partial charge in [-0.2, -0.15) is 20.5 Å². The molecule has 0 fully saturated rings. The van der Waals surface area contributed by atoms with Crippen LogP contribution >= 0.6 is 46.4 Å². The molecule has 14 nitrogen and oxygen atoms in total. The molecule has 0 saturated heterocycles. The van der Waals surface area contributed by atoms with Crippen molar-refractivity contribution < 1.29 is 28.8 Å². The van der Waals surface area contributed by atoms with Crippen LogP contribution in [0.25, 0.3) is 0 Å². The first-order valence-electron chi connectivity index (χ1n) is 20.7. The van der Waals surface area contributed by atoms with Crippen molar-refractivity contribution in [1.82, 2.24) is 0 Å². The van der Waals surface area contributed by atoms with Gasteiger partial charge >= 0.3 is 0 Å². The predicted octanol–water partition coefficient (Wildman–Crippen LogP) is 12.6. The van der Waals surface area contributed by atoms with Gasteiger partial charge in [0.2, 0.25) is 12.1 Å². The first-order valence-corrected chi connectivity index (χ1v) is 22.3. The molecule has 0 heterocycles. The van der Waals surface area contributed by atoms with Crippen LogP contribution in [-0.2, 0) is 32.0 Å². The number of nitrogens with one attached hydrogen (secondary N) is 4. The number of rotatable bonds is 18. The monoisotopic (exact) mass is 970 g/mol. The second-order valence-corrected chi connectivity index (χ2v) is 17.0. The number of ketones is 2. The van der Waals surface area contributed by atoms with Crippen molar-refractivity contribution in [3.63, 3.8) is 0 Å². The van der Waals surface area contributed by atoms with Crippen LogP contribution in [0.3, 0.4) is 0 Å². The summed E-state index contributed by atoms with van der Waals surface area (Å²) in [5.74, 6) is -3.83. The Morgan fingerprint density at radius 2 is 0.909 bits per heavy atom. The van der Waals surface area contributed by atoms with E-state index in [0.717, 1.165) is 11.1 Å². The van der Waals surface area contributed by atoms with Crippen molar-refractivity contribution in [2.45, 2.75) is 77.2 Å². The minimum atomic E-state index is -1.59. The highest BCUT2D eigenvalue weighted by Crippen LogP contribution is 2.33. The number of alkyl halides is 2. The molecule has 5 aromatic carbocycles. The SMILES string of the molecule is CCc1cc(NC(=O)C(N=Nc2cccc(C(=O)Nc3ccc(C(C)Cl)cc3)c2Cl)C(C)=O)cc(CC)c1NC(=O)C(N=Nc1cccc(C(=O)Nc2ccc(C(C)Cl)cc2)c1Cl)C(C)=O. The van der Waals surface area contributed by atoms with E-state index in [1.165, 1.54) is 38.1 Å². The van der Waals surface area contributed by atoms with E-state index in [1.807, 2.05) is 27.7 Å². The molecule has 4 atom stereocenters. The molecule has 0 bridgehead atoms. The highest BCUT2D eigenvalue weighted by Gasteiger charge is 2.27. The number of hydrogen-bond donors (Lipinski definition) is 4. The molecule has 5 aromatic rings. The third-order valence-electron chi connectivity index (χ3n) is 10.1. The number of carbonyl (C=O) groups is 6. The Balaban J connectivity index is 1.29. The Hall–Kier alpha value is -6.32. The van der Waals surface area contributed by atoms with Crippen LogP contribution < -0.4 is 21.3 Å². The summed E-state index contributed by atoms with van der Waals surface area (Å²) < 4.78 is 0. The van der Waals surface area contributed by atoms with Gasteiger partial charge in [-0.3, -0.25) is 28.8 Å². The number of benzene rings is 5. The molecule has 0 spiro atoms. The molecule has 18 heteroatoms. The fourth-order valence-corrected chi connectivity index (χ4v) is 7.23. The van der Waals surface area contributed by atoms with Gasteiger partial charge in [-0.15, -0.1) is 23.2 Å². The smallest absolute Gasteiger partial charge is 0.258 e. The lowest BCUT2D eigenvalue weighted by atomic mass is 10.0. The Kier molecular flexibility index (Phi) is 17.8. The zero-order valence-electron chi connectivity index (χ0n) is 36.7. The van der Waals surface area contributed by atoms with Gasteiger partial charge in [-0.25, -0.2) is 0 Å². The fourth-order valence-electron chi connectivity index (χ4n) is 6.44. The average molecular weight is 973 g/mol. The van der Waals surface area contributed by atoms with Crippen LogP contribution in [0.1, 0.15) is 95.3 Å². The summed E-state index contributed by atoms with van der Waals surface area (Å²) in [4.78, 5) is 79.0. The van der Waals surface area contributed by atoms with Crippen molar-refractivity contribution in [2.24, 2.45) is 20.5 Å². The summed E-state index contributed by atoms with van der Waals surface area (Å²) in [5, 5.41) is 26.8. The van der Waals surface area contributed by atoms with Gasteiger partial charge in [0.15, 0.2) is 11.6 Å². The lowest BCUT2D eigenvalue weighted by Crippen LogP contribution is -2.33. The zero-order valence-corrected chi connectivity index (χ0v) is 39.7. The van der Waals surface area contributed by atoms with Crippen LogP contribution in [0.5, 0.6) is 0 Å². The summed E-state index contributed by atoms with van der Waals surface area (Å²) in [6, 6.07) is 23.2. The number of aryl methyl sites for hydroxylation is 2. The fraction of sp³-hybridized carbons (Fsp3) is 0.250. The molecule has 0 radical (unpaired) electrons. The van der Waals surface area contributed by atoms with Gasteiger partial charge in [0.1, 0.15) is 11.4 Å². The molecule has 5 rings (SSSR count). The predicted molar refractivity (Wildman–Crippen MR) is 261 cm³/mol. The van der Waals surface area contributed by atoms with Crippen molar-refractivity contribution >= 4 is 116 Å². The molecule has 0 aliphatic heterocycles. The summed E-state index contributed by atoms with van der Waals surface area (Å²) in [5.41, 5.74) is 4.99. The van der Waals surface area contributed by atoms with Crippen LogP contribution in [-0.4, -0.2) is 47.3 Å². The normalized spacial score (nSPS) is 13.1. The third-order valence-corrected chi connectivity index (χ3v) is 11.4. The maximum absolute atomic E-state index is 13.7. The van der Waals surface area contributed by atoms with Crippen molar-refractivity contribution in [2.75, 3.05) is 21.3 Å². The summed E-state index contributed by atoms with van der Waals surface area (Å²) in [6.45, 7) is 9.72. The van der Waals surface area contributed by atoms with Gasteiger partial charge < -0.3 is 21.3 Å². The van der Waals surface area contributed by atoms with E-state index in [-0.39, 0.29) is 43.3 Å². The molecule has 66 heavy (non-hydrogen) atoms. The first-order chi connectivity index (χ1) is 31.4. The van der Waals surface area contributed by atoms with Crippen molar-refractivity contribution in [3.05, 3.63) is 140 Å². The van der Waals surface area contributed by atoms with Crippen LogP contribution in [0.4, 0.5) is 34.1 Å². The van der Waals surface area contributed by atoms with Crippen molar-refractivity contribution in [1.29, 1.82) is 0 Å². The van der Waals surface area contributed by atoms with Gasteiger partial charge in [-0.05, 0) is 123 Å². The second kappa shape index (κ2) is 23.2. The molecule has 0 aliphatic carbocycles. The average Bonchev–Trinajstić information content (AvgIpc) is 3.27. The van der Waals surface area contributed by atoms with E-state index in [4.69, 9.17) is 46.4 Å². The van der Waals surface area contributed by atoms with Gasteiger partial charge in [0.05, 0.1) is 31.9 Å². The van der Waals surface area contributed by atoms with E-state index in [2.05, 4.69) is 41.7 Å². The molecular formula is C48H46Cl4N8O6. The molecule has 0 aliphatic rings. The quantitative estimate of drug-likeness (QED) is 0.0382. The number of anilines is 4. The molecule has 4 unspecified atom stereocenters. The minimum absolute atomic E-state index is 0.0429. The third kappa shape index (κ3) is 12.9. The number of azo groups is 2. The molecule has 4 N–H and O–H groups in total. The highest BCUT2D eigenvalue weighted by molar-refractivity contribution is 6.37. The van der Waals surface area contributed by atoms with Crippen LogP contribution in [0.2, 0.25) is 10.0 Å². The lowest BCUT2D eigenvalue weighted by Gasteiger charge is -2.19. The Labute approximate surface area is 402 Å². The van der Waals surface area contributed by atoms with E-state index in [1.54, 1.807) is 72.8 Å². The Bertz CT molecular complexity index is 2680. The van der Waals surface area contributed by atoms with E-state index in [0.29, 0.717) is 46.7 Å². The summed E-state index contributed by atoms with van der Waals surface area (Å²) >= 11 is 25.4. The maximum Gasteiger partial charge on any atom is 0.258 e. The van der Waals surface area contributed by atoms with E-state index >= 15 is 0 Å². The van der Waals surface area contributed by atoms with Crippen LogP contribution in [0.15, 0.2) is 118 Å². The first kappa shape index (κ1) is 50.7. The number of nitrogens with zero attached hydrogens (tertiary/aromatic N) is 4. The molecule has 342 valence electrons. The number of halogens is 4. The summed E-state index contributed by atoms with van der Waals surface area (Å²) in [6.07, 6.45) is 0.768. The Morgan fingerprint density at radius 3 is 1.26 bits per heavy atom. The standard InChI is InChI=1S/C48H46Cl4N8O6/c1-7-29-23-35(55-47(65)42(27(5)61)59-57-38-13-9-11-36(40(38)51)45(63)53-33-19-15-31(16-20-33)25(3)49)24-30(8-2)44(29)56-48(66)43(28(6)62)60-58-39-14-10-12-37(41(39)52)46(64)54-34-21-17-32(18-22-34)26(4)50/h9-26,42-43H,7-8H2,1-6H3,(H,53,63)(H,54,64)(H,55,65)(H,56,66). The van der Waals surface area contributed by atoms with Gasteiger partial charge in [-0.1, -0.05) is 73.4 Å². The number of amides is 4. The second-order valence-electron chi connectivity index (χ2n) is 15.0. The number of Topliss-reactive ketones (excluding diaryl/α,β-unsaturated/α-hetero) is 2. The molecular weight excluding hydrogens is 926 g/mol. The number of carbonyl (C=O) groups excluding carboxylic acids is 6. The molecule has 4 amide bonds. The van der Waals surface area contributed by atoms with Crippen molar-refractivity contribution in [3.8, 4) is 0 Å². The molecule has 0 saturated carbocycles. The molecule has 0 aromatic heterocycles. The maximum atomic E-state index is 13.7. The zero-order chi connectivity index (χ0) is 48.2. The Morgan fingerprint density at radius 1 is 0.530 bits per heavy atom. The topological polar surface area (TPSA) is 200 Å². The minimum Gasteiger partial charge on any atom is -0.324 e. The number of hydrogen-bond acceptors (Lipinski definition) is 10. The van der Waals surface area contributed by atoms with Gasteiger partial charge in [0.25, 0.3) is 23.6 Å². The lowest BCUT2D eigenvalue weighted by molar-refractivity contribution is -0.127. The largest absolute Gasteiger partial charge is 0.324 e.